The summed E-state index contributed by atoms with van der Waals surface area (Å²) in [6.07, 6.45) is 2.22. The highest BCUT2D eigenvalue weighted by molar-refractivity contribution is 7.99. The Bertz CT molecular complexity index is 327. The van der Waals surface area contributed by atoms with Gasteiger partial charge in [-0.2, -0.15) is 20.2 Å². The van der Waals surface area contributed by atoms with E-state index in [1.54, 1.807) is 17.8 Å². The smallest absolute Gasteiger partial charge is 0.343 e. The van der Waals surface area contributed by atoms with Gasteiger partial charge in [0.2, 0.25) is 5.00 Å². The fraction of sp³-hybridized carbons (Fsp3) is 0.750. The van der Waals surface area contributed by atoms with Crippen LogP contribution in [0.1, 0.15) is 20.3 Å². The van der Waals surface area contributed by atoms with Gasteiger partial charge in [-0.15, -0.1) is 0 Å². The largest absolute Gasteiger partial charge is 0.385 e. The molecule has 0 radical (unpaired) electrons. The Kier molecular flexibility index (Phi) is 3.47. The van der Waals surface area contributed by atoms with Crippen LogP contribution in [-0.4, -0.2) is 24.9 Å². The zero-order chi connectivity index (χ0) is 10.8. The molecule has 0 atom stereocenters. The van der Waals surface area contributed by atoms with Crippen LogP contribution in [0.2, 0.25) is 0 Å². The summed E-state index contributed by atoms with van der Waals surface area (Å²) in [7, 11) is -4.14. The molecule has 1 rings (SSSR count). The topological polar surface area (TPSA) is 43.4 Å². The van der Waals surface area contributed by atoms with Gasteiger partial charge in [0.15, 0.2) is 0 Å². The molecule has 0 aromatic heterocycles. The number of hydrogen-bond donors (Lipinski definition) is 0. The fourth-order valence-corrected chi connectivity index (χ4v) is 2.27. The summed E-state index contributed by atoms with van der Waals surface area (Å²) in [6, 6.07) is 0. The Morgan fingerprint density at radius 3 is 2.64 bits per heavy atom. The van der Waals surface area contributed by atoms with Crippen LogP contribution in [0.15, 0.2) is 11.8 Å². The third-order valence-electron chi connectivity index (χ3n) is 1.73. The molecule has 0 bridgehead atoms. The molecule has 6 heteroatoms. The Labute approximate surface area is 87.8 Å². The van der Waals surface area contributed by atoms with Crippen molar-refractivity contribution >= 4 is 21.9 Å². The Balaban J connectivity index is 2.73. The highest BCUT2D eigenvalue weighted by atomic mass is 32.2. The third-order valence-corrected chi connectivity index (χ3v) is 4.25. The minimum atomic E-state index is -4.14. The molecule has 14 heavy (non-hydrogen) atoms. The SMILES string of the molecule is CC(C)(F)S(=O)(=O)OC1=CCSCC1. The number of thioether (sulfide) groups is 1. The van der Waals surface area contributed by atoms with Crippen molar-refractivity contribution in [1.82, 2.24) is 0 Å². The Hall–Kier alpha value is -0.230. The molecule has 82 valence electrons. The minimum Gasteiger partial charge on any atom is -0.385 e. The normalized spacial score (nSPS) is 18.9. The predicted octanol–water partition coefficient (Wildman–Crippen LogP) is 2.06. The molecule has 1 aliphatic heterocycles. The maximum absolute atomic E-state index is 13.2. The van der Waals surface area contributed by atoms with Gasteiger partial charge in [0, 0.05) is 17.9 Å². The number of alkyl halides is 1. The van der Waals surface area contributed by atoms with Gasteiger partial charge in [0.1, 0.15) is 5.76 Å². The lowest BCUT2D eigenvalue weighted by Crippen LogP contribution is -2.28. The highest BCUT2D eigenvalue weighted by Gasteiger charge is 2.36. The molecule has 0 N–H and O–H groups in total. The summed E-state index contributed by atoms with van der Waals surface area (Å²) in [6.45, 7) is 1.95. The van der Waals surface area contributed by atoms with E-state index in [9.17, 15) is 12.8 Å². The number of allylic oxidation sites excluding steroid dienone is 1. The van der Waals surface area contributed by atoms with Crippen molar-refractivity contribution in [2.75, 3.05) is 11.5 Å². The zero-order valence-corrected chi connectivity index (χ0v) is 9.75. The molecule has 0 spiro atoms. The fourth-order valence-electron chi connectivity index (χ4n) is 0.826. The number of halogens is 1. The molecule has 0 amide bonds. The molecule has 0 saturated heterocycles. The average molecular weight is 240 g/mol. The monoisotopic (exact) mass is 240 g/mol. The van der Waals surface area contributed by atoms with Crippen molar-refractivity contribution in [2.24, 2.45) is 0 Å². The van der Waals surface area contributed by atoms with E-state index in [0.29, 0.717) is 12.2 Å². The maximum Gasteiger partial charge on any atom is 0.343 e. The molecule has 3 nitrogen and oxygen atoms in total. The third kappa shape index (κ3) is 2.88. The zero-order valence-electron chi connectivity index (χ0n) is 8.12. The van der Waals surface area contributed by atoms with E-state index in [1.807, 2.05) is 0 Å². The second-order valence-electron chi connectivity index (χ2n) is 3.40. The van der Waals surface area contributed by atoms with E-state index in [2.05, 4.69) is 4.18 Å². The van der Waals surface area contributed by atoms with Gasteiger partial charge in [0.25, 0.3) is 0 Å². The maximum atomic E-state index is 13.2. The summed E-state index contributed by atoms with van der Waals surface area (Å²) in [5.74, 6) is 1.89. The first-order valence-electron chi connectivity index (χ1n) is 4.23. The first kappa shape index (κ1) is 11.8. The lowest BCUT2D eigenvalue weighted by Gasteiger charge is -2.19. The second kappa shape index (κ2) is 4.10. The quantitative estimate of drug-likeness (QED) is 0.708. The molecule has 0 aromatic carbocycles. The predicted molar refractivity (Wildman–Crippen MR) is 55.2 cm³/mol. The summed E-state index contributed by atoms with van der Waals surface area (Å²) in [4.78, 5) is 0. The van der Waals surface area contributed by atoms with Gasteiger partial charge in [-0.25, -0.2) is 4.39 Å². The van der Waals surface area contributed by atoms with E-state index in [-0.39, 0.29) is 0 Å². The lowest BCUT2D eigenvalue weighted by atomic mass is 10.4. The van der Waals surface area contributed by atoms with Crippen molar-refractivity contribution in [3.63, 3.8) is 0 Å². The van der Waals surface area contributed by atoms with E-state index in [0.717, 1.165) is 25.4 Å². The molecule has 0 aromatic rings. The van der Waals surface area contributed by atoms with Crippen LogP contribution >= 0.6 is 11.8 Å². The van der Waals surface area contributed by atoms with Crippen molar-refractivity contribution in [2.45, 2.75) is 25.3 Å². The van der Waals surface area contributed by atoms with Crippen molar-refractivity contribution in [3.8, 4) is 0 Å². The van der Waals surface area contributed by atoms with Gasteiger partial charge >= 0.3 is 10.1 Å². The summed E-state index contributed by atoms with van der Waals surface area (Å²) in [5.41, 5.74) is 0. The summed E-state index contributed by atoms with van der Waals surface area (Å²) in [5, 5.41) is -2.35. The molecule has 1 aliphatic rings. The van der Waals surface area contributed by atoms with Crippen molar-refractivity contribution < 1.29 is 17.0 Å². The molecule has 0 aliphatic carbocycles. The average Bonchev–Trinajstić information content (AvgIpc) is 2.03. The molecular formula is C8H13FO3S2. The molecule has 0 fully saturated rings. The van der Waals surface area contributed by atoms with Gasteiger partial charge in [-0.1, -0.05) is 0 Å². The van der Waals surface area contributed by atoms with Gasteiger partial charge in [-0.3, -0.25) is 0 Å². The highest BCUT2D eigenvalue weighted by Crippen LogP contribution is 2.26. The molecule has 1 heterocycles. The molecule has 0 saturated carbocycles. The number of hydrogen-bond acceptors (Lipinski definition) is 4. The van der Waals surface area contributed by atoms with E-state index >= 15 is 0 Å². The van der Waals surface area contributed by atoms with Crippen LogP contribution < -0.4 is 0 Å². The number of rotatable bonds is 3. The van der Waals surface area contributed by atoms with Crippen LogP contribution in [0, 0.1) is 0 Å². The lowest BCUT2D eigenvalue weighted by molar-refractivity contribution is 0.272. The van der Waals surface area contributed by atoms with Gasteiger partial charge < -0.3 is 4.18 Å². The standard InChI is InChI=1S/C8H13FO3S2/c1-8(2,9)14(10,11)12-7-3-5-13-6-4-7/h3H,4-6H2,1-2H3. The van der Waals surface area contributed by atoms with E-state index in [4.69, 9.17) is 0 Å². The molecular weight excluding hydrogens is 227 g/mol. The Morgan fingerprint density at radius 1 is 1.57 bits per heavy atom. The van der Waals surface area contributed by atoms with E-state index in [1.165, 1.54) is 0 Å². The van der Waals surface area contributed by atoms with Crippen LogP contribution in [0.5, 0.6) is 0 Å². The van der Waals surface area contributed by atoms with Crippen LogP contribution in [0.25, 0.3) is 0 Å². The van der Waals surface area contributed by atoms with Crippen LogP contribution in [0.3, 0.4) is 0 Å². The van der Waals surface area contributed by atoms with Crippen molar-refractivity contribution in [3.05, 3.63) is 11.8 Å². The molecule has 0 unspecified atom stereocenters. The van der Waals surface area contributed by atoms with Crippen molar-refractivity contribution in [1.29, 1.82) is 0 Å². The second-order valence-corrected chi connectivity index (χ2v) is 6.59. The summed E-state index contributed by atoms with van der Waals surface area (Å²) < 4.78 is 40.4. The Morgan fingerprint density at radius 2 is 2.21 bits per heavy atom. The van der Waals surface area contributed by atoms with Gasteiger partial charge in [-0.05, 0) is 19.9 Å². The van der Waals surface area contributed by atoms with Gasteiger partial charge in [0.05, 0.1) is 0 Å². The first-order chi connectivity index (χ1) is 6.33. The van der Waals surface area contributed by atoms with Crippen LogP contribution in [0.4, 0.5) is 4.39 Å². The van der Waals surface area contributed by atoms with E-state index < -0.39 is 15.1 Å². The minimum absolute atomic E-state index is 0.356. The van der Waals surface area contributed by atoms with Crippen LogP contribution in [-0.2, 0) is 14.3 Å². The first-order valence-corrected chi connectivity index (χ1v) is 6.79. The summed E-state index contributed by atoms with van der Waals surface area (Å²) >= 11 is 1.69.